The molecule has 0 saturated carbocycles. The lowest BCUT2D eigenvalue weighted by atomic mass is 9.82. The summed E-state index contributed by atoms with van der Waals surface area (Å²) in [6, 6.07) is 10.9. The SMILES string of the molecule is COc1ccc(C[C@H]2NC(=O)/C=C/C[C@@H]([C@H](C)/C=C/c3ccc(CO[Si](C(C)C)(C(C)C)C(C)C)cc3)OC(=O)[C@H](CC(C)(C)C)NC(=O)C(C)(C)[C@@H](C)NC2=O)cc1Cl. The first-order chi connectivity index (χ1) is 27.9. The zero-order valence-corrected chi connectivity index (χ0v) is 40.3. The summed E-state index contributed by atoms with van der Waals surface area (Å²) in [5.41, 5.74) is 2.81. The molecule has 3 rings (SSSR count). The number of hydrogen-bond donors (Lipinski definition) is 3. The number of amides is 3. The molecule has 0 bridgehead atoms. The van der Waals surface area contributed by atoms with Crippen molar-refractivity contribution in [1.82, 2.24) is 16.0 Å². The van der Waals surface area contributed by atoms with Gasteiger partial charge in [0.2, 0.25) is 26.0 Å². The third-order valence-corrected chi connectivity index (χ3v) is 18.3. The van der Waals surface area contributed by atoms with Crippen LogP contribution in [-0.4, -0.2) is 63.3 Å². The molecule has 0 saturated heterocycles. The van der Waals surface area contributed by atoms with Crippen molar-refractivity contribution in [3.05, 3.63) is 82.4 Å². The van der Waals surface area contributed by atoms with Crippen molar-refractivity contribution in [3.8, 4) is 5.75 Å². The van der Waals surface area contributed by atoms with Gasteiger partial charge in [-0.15, -0.1) is 0 Å². The maximum Gasteiger partial charge on any atom is 0.328 e. The summed E-state index contributed by atoms with van der Waals surface area (Å²) in [4.78, 5) is 55.3. The second kappa shape index (κ2) is 21.7. The summed E-state index contributed by atoms with van der Waals surface area (Å²) >= 11 is 6.40. The summed E-state index contributed by atoms with van der Waals surface area (Å²) < 4.78 is 18.3. The zero-order chi connectivity index (χ0) is 45.2. The van der Waals surface area contributed by atoms with E-state index >= 15 is 0 Å². The van der Waals surface area contributed by atoms with Crippen LogP contribution in [0, 0.1) is 16.7 Å². The Labute approximate surface area is 366 Å². The third kappa shape index (κ3) is 13.8. The molecule has 1 aliphatic heterocycles. The van der Waals surface area contributed by atoms with E-state index in [2.05, 4.69) is 81.8 Å². The van der Waals surface area contributed by atoms with Crippen LogP contribution in [0.5, 0.6) is 5.75 Å². The van der Waals surface area contributed by atoms with E-state index in [-0.39, 0.29) is 24.2 Å². The van der Waals surface area contributed by atoms with Gasteiger partial charge in [-0.3, -0.25) is 14.4 Å². The minimum atomic E-state index is -2.01. The van der Waals surface area contributed by atoms with Gasteiger partial charge in [0, 0.05) is 24.8 Å². The number of methoxy groups -OCH3 is 1. The quantitative estimate of drug-likeness (QED) is 0.135. The first kappa shape index (κ1) is 50.4. The molecule has 2 aromatic carbocycles. The fourth-order valence-electron chi connectivity index (χ4n) is 8.07. The Balaban J connectivity index is 1.94. The van der Waals surface area contributed by atoms with E-state index in [1.54, 1.807) is 45.0 Å². The summed E-state index contributed by atoms with van der Waals surface area (Å²) in [6.45, 7) is 27.4. The molecule has 3 N–H and O–H groups in total. The maximum atomic E-state index is 14.0. The largest absolute Gasteiger partial charge is 0.495 e. The normalized spacial score (nSPS) is 22.4. The minimum Gasteiger partial charge on any atom is -0.495 e. The minimum absolute atomic E-state index is 0.133. The molecule has 0 aromatic heterocycles. The van der Waals surface area contributed by atoms with Crippen LogP contribution in [0.1, 0.15) is 120 Å². The number of carbonyl (C=O) groups is 4. The number of halogens is 1. The van der Waals surface area contributed by atoms with Gasteiger partial charge in [0.1, 0.15) is 23.9 Å². The Bertz CT molecular complexity index is 1810. The van der Waals surface area contributed by atoms with Crippen molar-refractivity contribution in [1.29, 1.82) is 0 Å². The van der Waals surface area contributed by atoms with Gasteiger partial charge in [0.15, 0.2) is 0 Å². The molecule has 0 unspecified atom stereocenters. The highest BCUT2D eigenvalue weighted by molar-refractivity contribution is 6.77. The van der Waals surface area contributed by atoms with Crippen LogP contribution in [0.15, 0.2) is 60.7 Å². The maximum absolute atomic E-state index is 14.0. The predicted octanol–water partition coefficient (Wildman–Crippen LogP) is 9.74. The number of hydrogen-bond acceptors (Lipinski definition) is 7. The number of benzene rings is 2. The lowest BCUT2D eigenvalue weighted by Gasteiger charge is -2.42. The molecule has 0 spiro atoms. The molecular weight excluding hydrogens is 794 g/mol. The molecule has 60 heavy (non-hydrogen) atoms. The fraction of sp³-hybridized carbons (Fsp3) is 0.583. The molecule has 1 aliphatic rings. The van der Waals surface area contributed by atoms with Gasteiger partial charge >= 0.3 is 5.97 Å². The number of esters is 1. The first-order valence-corrected chi connectivity index (χ1v) is 23.9. The van der Waals surface area contributed by atoms with Crippen LogP contribution in [0.2, 0.25) is 21.6 Å². The van der Waals surface area contributed by atoms with E-state index < -0.39 is 61.7 Å². The second-order valence-electron chi connectivity index (χ2n) is 19.2. The molecular formula is C48H72ClN3O7Si. The van der Waals surface area contributed by atoms with Gasteiger partial charge in [0.05, 0.1) is 24.2 Å². The van der Waals surface area contributed by atoms with Crippen molar-refractivity contribution in [2.75, 3.05) is 7.11 Å². The van der Waals surface area contributed by atoms with E-state index in [1.165, 1.54) is 13.2 Å². The average molecular weight is 867 g/mol. The molecule has 5 atom stereocenters. The highest BCUT2D eigenvalue weighted by Gasteiger charge is 2.45. The number of carbonyl (C=O) groups excluding carboxylic acids is 4. The van der Waals surface area contributed by atoms with Gasteiger partial charge in [-0.05, 0) is 84.1 Å². The molecule has 10 nitrogen and oxygen atoms in total. The highest BCUT2D eigenvalue weighted by atomic mass is 35.5. The van der Waals surface area contributed by atoms with Crippen LogP contribution >= 0.6 is 11.6 Å². The van der Waals surface area contributed by atoms with Crippen molar-refractivity contribution >= 4 is 49.7 Å². The van der Waals surface area contributed by atoms with Crippen molar-refractivity contribution in [2.24, 2.45) is 16.7 Å². The topological polar surface area (TPSA) is 132 Å². The predicted molar refractivity (Wildman–Crippen MR) is 245 cm³/mol. The number of cyclic esters (lactones) is 1. The average Bonchev–Trinajstić information content (AvgIpc) is 3.15. The van der Waals surface area contributed by atoms with Gasteiger partial charge < -0.3 is 29.9 Å². The molecule has 0 fully saturated rings. The summed E-state index contributed by atoms with van der Waals surface area (Å²) in [5, 5.41) is 9.12. The first-order valence-electron chi connectivity index (χ1n) is 21.4. The van der Waals surface area contributed by atoms with E-state index in [0.717, 1.165) is 11.1 Å². The van der Waals surface area contributed by atoms with Crippen LogP contribution in [-0.2, 0) is 41.4 Å². The Kier molecular flexibility index (Phi) is 18.3. The number of rotatable bonds is 13. The Hall–Kier alpha value is -3.93. The van der Waals surface area contributed by atoms with Crippen molar-refractivity contribution < 1.29 is 33.1 Å². The molecule has 0 radical (unpaired) electrons. The second-order valence-corrected chi connectivity index (χ2v) is 25.0. The molecule has 1 heterocycles. The Morgan fingerprint density at radius 1 is 0.883 bits per heavy atom. The smallest absolute Gasteiger partial charge is 0.328 e. The van der Waals surface area contributed by atoms with Gasteiger partial charge in [-0.2, -0.15) is 0 Å². The van der Waals surface area contributed by atoms with Gasteiger partial charge in [0.25, 0.3) is 0 Å². The van der Waals surface area contributed by atoms with Gasteiger partial charge in [-0.1, -0.05) is 129 Å². The molecule has 0 aliphatic carbocycles. The Morgan fingerprint density at radius 3 is 2.03 bits per heavy atom. The van der Waals surface area contributed by atoms with Crippen molar-refractivity contribution in [3.63, 3.8) is 0 Å². The third-order valence-electron chi connectivity index (χ3n) is 12.0. The zero-order valence-electron chi connectivity index (χ0n) is 38.5. The van der Waals surface area contributed by atoms with Crippen LogP contribution in [0.25, 0.3) is 6.08 Å². The summed E-state index contributed by atoms with van der Waals surface area (Å²) in [6.07, 6.45) is 6.99. The standard InChI is InChI=1S/C48H72ClN3O7Si/c1-30(2)60(31(3)4,32(5)6)58-29-36-22-20-35(21-23-36)19-18-33(7)41-16-15-17-43(53)51-39(27-37-24-25-42(57-14)38(49)26-37)44(54)50-34(8)48(12,13)46(56)52-40(45(55)59-41)28-47(9,10)11/h15,17-26,30-34,39-41H,16,27-29H2,1-14H3,(H,50,54)(H,51,53)(H,52,56)/b17-15+,19-18+/t33-,34-,39-,40+,41+/m1/s1. The van der Waals surface area contributed by atoms with Gasteiger partial charge in [-0.25, -0.2) is 4.79 Å². The lowest BCUT2D eigenvalue weighted by Crippen LogP contribution is -2.58. The summed E-state index contributed by atoms with van der Waals surface area (Å²) in [5.74, 6) is -1.74. The van der Waals surface area contributed by atoms with E-state index in [1.807, 2.05) is 39.8 Å². The van der Waals surface area contributed by atoms with E-state index in [9.17, 15) is 19.2 Å². The van der Waals surface area contributed by atoms with Crippen LogP contribution in [0.4, 0.5) is 0 Å². The molecule has 3 amide bonds. The lowest BCUT2D eigenvalue weighted by molar-refractivity contribution is -0.156. The number of ether oxygens (including phenoxy) is 2. The molecule has 12 heteroatoms. The molecule has 2 aromatic rings. The summed E-state index contributed by atoms with van der Waals surface area (Å²) in [7, 11) is -0.491. The monoisotopic (exact) mass is 865 g/mol. The highest BCUT2D eigenvalue weighted by Crippen LogP contribution is 2.42. The van der Waals surface area contributed by atoms with Crippen LogP contribution in [0.3, 0.4) is 0 Å². The van der Waals surface area contributed by atoms with Crippen LogP contribution < -0.4 is 20.7 Å². The fourth-order valence-corrected chi connectivity index (χ4v) is 13.8. The molecule has 332 valence electrons. The van der Waals surface area contributed by atoms with Crippen molar-refractivity contribution in [2.45, 2.75) is 157 Å². The van der Waals surface area contributed by atoms with E-state index in [0.29, 0.717) is 46.0 Å². The number of nitrogens with one attached hydrogen (secondary N) is 3. The van der Waals surface area contributed by atoms with E-state index in [4.69, 9.17) is 25.5 Å². The Morgan fingerprint density at radius 2 is 1.48 bits per heavy atom.